The van der Waals surface area contributed by atoms with E-state index in [0.29, 0.717) is 37.2 Å². The second-order valence-corrected chi connectivity index (χ2v) is 24.6. The van der Waals surface area contributed by atoms with Gasteiger partial charge in [0.25, 0.3) is 0 Å². The zero-order valence-electron chi connectivity index (χ0n) is 45.1. The fraction of sp³-hybridized carbons (Fsp3) is 0.517. The normalized spacial score (nSPS) is 24.5. The van der Waals surface area contributed by atoms with E-state index in [4.69, 9.17) is 9.47 Å². The molecule has 4 aromatic carbocycles. The number of carbonyl (C=O) groups excluding carboxylic acids is 6. The van der Waals surface area contributed by atoms with Crippen molar-refractivity contribution in [3.05, 3.63) is 119 Å². The van der Waals surface area contributed by atoms with E-state index in [-0.39, 0.29) is 72.6 Å². The third-order valence-corrected chi connectivity index (χ3v) is 18.0. The highest BCUT2D eigenvalue weighted by molar-refractivity contribution is 8.00. The molecular weight excluding hydrogens is 1000 g/mol. The number of nitrogens with zero attached hydrogens (tertiary/aromatic N) is 2. The zero-order chi connectivity index (χ0) is 54.3. The molecule has 4 saturated heterocycles. The monoisotopic (exact) mass is 1080 g/mol. The average Bonchev–Trinajstić information content (AvgIpc) is 3.74. The highest BCUT2D eigenvalue weighted by atomic mass is 32.2. The molecule has 0 aliphatic carbocycles. The predicted octanol–water partition coefficient (Wildman–Crippen LogP) is 5.95. The summed E-state index contributed by atoms with van der Waals surface area (Å²) in [5, 5.41) is 20.0. The van der Waals surface area contributed by atoms with Crippen LogP contribution in [0.4, 0.5) is 0 Å². The summed E-state index contributed by atoms with van der Waals surface area (Å²) < 4.78 is 12.8. The van der Waals surface area contributed by atoms with Crippen molar-refractivity contribution in [1.29, 1.82) is 0 Å². The van der Waals surface area contributed by atoms with Crippen LogP contribution in [0.1, 0.15) is 102 Å². The van der Waals surface area contributed by atoms with Crippen LogP contribution >= 0.6 is 23.5 Å². The van der Waals surface area contributed by atoms with Gasteiger partial charge in [0.05, 0.1) is 61.3 Å². The second kappa shape index (κ2) is 24.9. The summed E-state index contributed by atoms with van der Waals surface area (Å²) in [6.07, 6.45) is 2.27. The molecule has 76 heavy (non-hydrogen) atoms. The first kappa shape index (κ1) is 56.7. The first-order valence-corrected chi connectivity index (χ1v) is 28.7. The quantitative estimate of drug-likeness (QED) is 0.0609. The molecule has 408 valence electrons. The summed E-state index contributed by atoms with van der Waals surface area (Å²) in [6.45, 7) is 12.5. The maximum Gasteiger partial charge on any atom is 0.246 e. The Balaban J connectivity index is 0.912. The van der Waals surface area contributed by atoms with Crippen molar-refractivity contribution in [3.8, 4) is 0 Å². The van der Waals surface area contributed by atoms with Gasteiger partial charge in [-0.25, -0.2) is 0 Å². The van der Waals surface area contributed by atoms with E-state index in [1.54, 1.807) is 61.3 Å². The van der Waals surface area contributed by atoms with Crippen LogP contribution in [0.15, 0.2) is 97.1 Å². The van der Waals surface area contributed by atoms with E-state index < -0.39 is 59.2 Å². The summed E-state index contributed by atoms with van der Waals surface area (Å²) in [5.41, 5.74) is 2.60. The summed E-state index contributed by atoms with van der Waals surface area (Å²) in [5.74, 6) is -0.129. The Kier molecular flexibility index (Phi) is 18.6. The topological polar surface area (TPSA) is 200 Å². The summed E-state index contributed by atoms with van der Waals surface area (Å²) in [6, 6.07) is 26.9. The van der Waals surface area contributed by atoms with Gasteiger partial charge in [-0.3, -0.25) is 28.8 Å². The highest BCUT2D eigenvalue weighted by Crippen LogP contribution is 2.48. The summed E-state index contributed by atoms with van der Waals surface area (Å²) >= 11 is 3.32. The van der Waals surface area contributed by atoms with E-state index in [0.717, 1.165) is 33.0 Å². The van der Waals surface area contributed by atoms with E-state index in [1.165, 1.54) is 0 Å². The van der Waals surface area contributed by atoms with Gasteiger partial charge in [0.15, 0.2) is 0 Å². The van der Waals surface area contributed by atoms with Crippen LogP contribution < -0.4 is 31.9 Å². The fourth-order valence-electron chi connectivity index (χ4n) is 11.0. The number of nitrogens with one attached hydrogen (secondary N) is 6. The Morgan fingerprint density at radius 3 is 1.37 bits per heavy atom. The summed E-state index contributed by atoms with van der Waals surface area (Å²) in [4.78, 5) is 86.8. The third kappa shape index (κ3) is 13.1. The second-order valence-electron chi connectivity index (χ2n) is 22.0. The molecular formula is C58H76N8O8S2. The standard InChI is InChI=1S/C58H76N8O8S2/c1-35(59-7)51(67)61-43-23-25-75-47-29-57(3,4)49(65(47)55(43)71)53(69)63-45(40-15-11-9-12-16-40)33-73-31-37-19-21-39-22-20-38(28-42(39)27-37)32-74-34-46(41-17-13-10-14-18-41)64-54(70)50-58(5,6)30-48-66(50)56(72)44(24-26-76-48)62-52(68)36(2)60-8/h9-22,27-28,35-36,43-50,59-60H,23-26,29-34H2,1-8H3,(H,61,67)(H,62,68)(H,63,69)(H,64,70)/t35-,36+,43+,44-,45-,46-,47?,48?,49-,50+/m0/s1. The number of amides is 6. The van der Waals surface area contributed by atoms with Crippen molar-refractivity contribution in [2.45, 2.75) is 140 Å². The molecule has 4 heterocycles. The van der Waals surface area contributed by atoms with Crippen molar-refractivity contribution in [3.63, 3.8) is 0 Å². The van der Waals surface area contributed by atoms with Crippen molar-refractivity contribution in [1.82, 2.24) is 41.7 Å². The first-order valence-electron chi connectivity index (χ1n) is 26.6. The molecule has 4 aliphatic rings. The minimum absolute atomic E-state index is 0.182. The Morgan fingerprint density at radius 1 is 0.592 bits per heavy atom. The number of hydrogen-bond donors (Lipinski definition) is 6. The van der Waals surface area contributed by atoms with Gasteiger partial charge in [-0.05, 0) is 121 Å². The van der Waals surface area contributed by atoms with Gasteiger partial charge >= 0.3 is 0 Å². The molecule has 0 bridgehead atoms. The van der Waals surface area contributed by atoms with Gasteiger partial charge in [-0.1, -0.05) is 113 Å². The number of likely N-dealkylation sites (N-methyl/N-ethyl adjacent to an activating group) is 2. The molecule has 2 unspecified atom stereocenters. The molecule has 0 radical (unpaired) electrons. The lowest BCUT2D eigenvalue weighted by atomic mass is 9.83. The van der Waals surface area contributed by atoms with Crippen LogP contribution in [-0.4, -0.2) is 131 Å². The largest absolute Gasteiger partial charge is 0.374 e. The number of rotatable bonds is 20. The van der Waals surface area contributed by atoms with Crippen LogP contribution in [0, 0.1) is 10.8 Å². The number of ether oxygens (including phenoxy) is 2. The van der Waals surface area contributed by atoms with Gasteiger partial charge in [-0.2, -0.15) is 0 Å². The number of fused-ring (bicyclic) bond motifs is 3. The van der Waals surface area contributed by atoms with Crippen molar-refractivity contribution in [2.75, 3.05) is 38.8 Å². The lowest BCUT2D eigenvalue weighted by Crippen LogP contribution is -2.58. The lowest BCUT2D eigenvalue weighted by molar-refractivity contribution is -0.144. The van der Waals surface area contributed by atoms with Crippen LogP contribution in [-0.2, 0) is 51.5 Å². The Hall–Kier alpha value is -5.50. The zero-order valence-corrected chi connectivity index (χ0v) is 46.7. The fourth-order valence-corrected chi connectivity index (χ4v) is 14.1. The molecule has 0 spiro atoms. The number of carbonyl (C=O) groups is 6. The molecule has 6 N–H and O–H groups in total. The van der Waals surface area contributed by atoms with Gasteiger partial charge in [0.2, 0.25) is 35.4 Å². The van der Waals surface area contributed by atoms with E-state index in [1.807, 2.05) is 100 Å². The van der Waals surface area contributed by atoms with Gasteiger partial charge in [-0.15, -0.1) is 23.5 Å². The molecule has 0 aromatic heterocycles. The maximum absolute atomic E-state index is 14.6. The predicted molar refractivity (Wildman–Crippen MR) is 299 cm³/mol. The molecule has 8 rings (SSSR count). The molecule has 4 aromatic rings. The third-order valence-electron chi connectivity index (χ3n) is 15.5. The molecule has 4 aliphatic heterocycles. The minimum atomic E-state index is -0.754. The van der Waals surface area contributed by atoms with Gasteiger partial charge in [0, 0.05) is 0 Å². The lowest BCUT2D eigenvalue weighted by Gasteiger charge is -2.35. The summed E-state index contributed by atoms with van der Waals surface area (Å²) in [7, 11) is 3.40. The number of hydrogen-bond acceptors (Lipinski definition) is 12. The van der Waals surface area contributed by atoms with E-state index in [9.17, 15) is 28.8 Å². The smallest absolute Gasteiger partial charge is 0.246 e. The Morgan fingerprint density at radius 2 is 0.987 bits per heavy atom. The van der Waals surface area contributed by atoms with Gasteiger partial charge < -0.3 is 51.2 Å². The van der Waals surface area contributed by atoms with Crippen molar-refractivity contribution < 1.29 is 38.2 Å². The first-order chi connectivity index (χ1) is 36.4. The Bertz CT molecular complexity index is 2540. The molecule has 16 nitrogen and oxygen atoms in total. The van der Waals surface area contributed by atoms with Crippen LogP contribution in [0.2, 0.25) is 0 Å². The molecule has 6 amide bonds. The minimum Gasteiger partial charge on any atom is -0.374 e. The molecule has 18 heteroatoms. The highest BCUT2D eigenvalue weighted by Gasteiger charge is 2.56. The Labute approximate surface area is 456 Å². The van der Waals surface area contributed by atoms with Crippen LogP contribution in [0.3, 0.4) is 0 Å². The number of benzene rings is 4. The van der Waals surface area contributed by atoms with Crippen LogP contribution in [0.25, 0.3) is 10.8 Å². The average molecular weight is 1080 g/mol. The molecule has 0 saturated carbocycles. The van der Waals surface area contributed by atoms with Gasteiger partial charge in [0.1, 0.15) is 24.2 Å². The van der Waals surface area contributed by atoms with Crippen molar-refractivity contribution in [2.24, 2.45) is 10.8 Å². The molecule has 4 fully saturated rings. The maximum atomic E-state index is 14.6. The van der Waals surface area contributed by atoms with Crippen molar-refractivity contribution >= 4 is 69.7 Å². The SMILES string of the molecule is CN[C@@H](C)C(=O)N[C@@H]1CCSC2CC(C)(C)[C@H](C(=O)N[C@@H](COCc3ccc4ccc(COC[C@H](NC(=O)[C@H]5N6C(=O)[C@@H](NC(=O)[C@@H](C)NC)CCSC6CC5(C)C)c5ccccc5)cc4c3)c3ccccc3)N2C1=O. The van der Waals surface area contributed by atoms with E-state index >= 15 is 0 Å². The number of thioether (sulfide) groups is 2. The van der Waals surface area contributed by atoms with E-state index in [2.05, 4.69) is 56.2 Å². The van der Waals surface area contributed by atoms with Crippen LogP contribution in [0.5, 0.6) is 0 Å². The molecule has 10 atom stereocenters.